The molecule has 0 spiro atoms. The highest BCUT2D eigenvalue weighted by atomic mass is 16.3. The van der Waals surface area contributed by atoms with Crippen molar-refractivity contribution in [3.8, 4) is 0 Å². The van der Waals surface area contributed by atoms with E-state index < -0.39 is 6.10 Å². The first-order valence-corrected chi connectivity index (χ1v) is 7.08. The molecule has 0 aliphatic carbocycles. The van der Waals surface area contributed by atoms with Crippen molar-refractivity contribution in [3.63, 3.8) is 0 Å². The van der Waals surface area contributed by atoms with Crippen molar-refractivity contribution in [2.24, 2.45) is 5.92 Å². The van der Waals surface area contributed by atoms with Gasteiger partial charge in [0.25, 0.3) is 5.91 Å². The summed E-state index contributed by atoms with van der Waals surface area (Å²) < 4.78 is 0. The SMILES string of the molecule is CC(C)CC(O)CNC(=O)c1ccc(CN(C)C)cc1. The van der Waals surface area contributed by atoms with Gasteiger partial charge in [0.05, 0.1) is 6.10 Å². The zero-order valence-corrected chi connectivity index (χ0v) is 12.9. The van der Waals surface area contributed by atoms with Gasteiger partial charge in [-0.15, -0.1) is 0 Å². The van der Waals surface area contributed by atoms with Crippen LogP contribution in [0.1, 0.15) is 36.2 Å². The molecule has 0 aromatic heterocycles. The zero-order valence-electron chi connectivity index (χ0n) is 12.9. The number of carbonyl (C=O) groups is 1. The molecule has 4 heteroatoms. The minimum Gasteiger partial charge on any atom is -0.391 e. The van der Waals surface area contributed by atoms with Crippen LogP contribution in [0, 0.1) is 5.92 Å². The normalized spacial score (nSPS) is 12.8. The summed E-state index contributed by atoms with van der Waals surface area (Å²) in [6, 6.07) is 7.56. The van der Waals surface area contributed by atoms with Gasteiger partial charge in [-0.1, -0.05) is 26.0 Å². The molecule has 0 aliphatic heterocycles. The molecule has 4 nitrogen and oxygen atoms in total. The summed E-state index contributed by atoms with van der Waals surface area (Å²) in [6.07, 6.45) is 0.217. The molecule has 1 unspecified atom stereocenters. The molecule has 0 aliphatic rings. The van der Waals surface area contributed by atoms with Crippen LogP contribution in [0.15, 0.2) is 24.3 Å². The van der Waals surface area contributed by atoms with Crippen LogP contribution in [-0.4, -0.2) is 42.7 Å². The van der Waals surface area contributed by atoms with E-state index in [9.17, 15) is 9.90 Å². The molecular weight excluding hydrogens is 252 g/mol. The molecule has 0 saturated carbocycles. The third-order valence-electron chi connectivity index (χ3n) is 2.96. The van der Waals surface area contributed by atoms with E-state index in [0.29, 0.717) is 24.4 Å². The molecule has 1 rings (SSSR count). The molecule has 1 atom stereocenters. The fraction of sp³-hybridized carbons (Fsp3) is 0.562. The molecule has 20 heavy (non-hydrogen) atoms. The zero-order chi connectivity index (χ0) is 15.1. The number of hydrogen-bond acceptors (Lipinski definition) is 3. The van der Waals surface area contributed by atoms with Gasteiger partial charge in [0.2, 0.25) is 0 Å². The lowest BCUT2D eigenvalue weighted by atomic mass is 10.1. The van der Waals surface area contributed by atoms with Crippen molar-refractivity contribution >= 4 is 5.91 Å². The minimum absolute atomic E-state index is 0.135. The van der Waals surface area contributed by atoms with Gasteiger partial charge < -0.3 is 15.3 Å². The van der Waals surface area contributed by atoms with Crippen LogP contribution in [0.3, 0.4) is 0 Å². The molecule has 0 radical (unpaired) electrons. The number of nitrogens with zero attached hydrogens (tertiary/aromatic N) is 1. The van der Waals surface area contributed by atoms with E-state index in [0.717, 1.165) is 6.54 Å². The van der Waals surface area contributed by atoms with Crippen molar-refractivity contribution in [2.75, 3.05) is 20.6 Å². The predicted molar refractivity (Wildman–Crippen MR) is 81.6 cm³/mol. The number of rotatable bonds is 7. The molecule has 112 valence electrons. The highest BCUT2D eigenvalue weighted by molar-refractivity contribution is 5.94. The highest BCUT2D eigenvalue weighted by Crippen LogP contribution is 2.07. The Morgan fingerprint density at radius 2 is 1.85 bits per heavy atom. The van der Waals surface area contributed by atoms with Crippen LogP contribution < -0.4 is 5.32 Å². The summed E-state index contributed by atoms with van der Waals surface area (Å²) in [6.45, 7) is 5.26. The third-order valence-corrected chi connectivity index (χ3v) is 2.96. The Morgan fingerprint density at radius 1 is 1.25 bits per heavy atom. The lowest BCUT2D eigenvalue weighted by molar-refractivity contribution is 0.0900. The Morgan fingerprint density at radius 3 is 2.35 bits per heavy atom. The summed E-state index contributed by atoms with van der Waals surface area (Å²) in [5, 5.41) is 12.5. The topological polar surface area (TPSA) is 52.6 Å². The van der Waals surface area contributed by atoms with E-state index >= 15 is 0 Å². The molecule has 2 N–H and O–H groups in total. The van der Waals surface area contributed by atoms with E-state index in [1.165, 1.54) is 5.56 Å². The number of carbonyl (C=O) groups excluding carboxylic acids is 1. The number of nitrogens with one attached hydrogen (secondary N) is 1. The average Bonchev–Trinajstić information content (AvgIpc) is 2.35. The minimum atomic E-state index is -0.480. The Hall–Kier alpha value is -1.39. The van der Waals surface area contributed by atoms with Crippen LogP contribution >= 0.6 is 0 Å². The van der Waals surface area contributed by atoms with Gasteiger partial charge in [0.1, 0.15) is 0 Å². The fourth-order valence-corrected chi connectivity index (χ4v) is 2.07. The summed E-state index contributed by atoms with van der Waals surface area (Å²) in [5.74, 6) is 0.288. The van der Waals surface area contributed by atoms with Crippen molar-refractivity contribution in [1.29, 1.82) is 0 Å². The second-order valence-electron chi connectivity index (χ2n) is 5.93. The van der Waals surface area contributed by atoms with E-state index in [4.69, 9.17) is 0 Å². The van der Waals surface area contributed by atoms with E-state index in [1.54, 1.807) is 0 Å². The van der Waals surface area contributed by atoms with Crippen molar-refractivity contribution in [2.45, 2.75) is 32.9 Å². The van der Waals surface area contributed by atoms with Gasteiger partial charge >= 0.3 is 0 Å². The summed E-state index contributed by atoms with van der Waals surface area (Å²) in [7, 11) is 4.02. The second-order valence-corrected chi connectivity index (χ2v) is 5.93. The van der Waals surface area contributed by atoms with Crippen molar-refractivity contribution in [1.82, 2.24) is 10.2 Å². The standard InChI is InChI=1S/C16H26N2O2/c1-12(2)9-15(19)10-17-16(20)14-7-5-13(6-8-14)11-18(3)4/h5-8,12,15,19H,9-11H2,1-4H3,(H,17,20). The van der Waals surface area contributed by atoms with E-state index in [1.807, 2.05) is 38.4 Å². The molecule has 1 aromatic rings. The van der Waals surface area contributed by atoms with Crippen LogP contribution in [-0.2, 0) is 6.54 Å². The average molecular weight is 278 g/mol. The fourth-order valence-electron chi connectivity index (χ4n) is 2.07. The lowest BCUT2D eigenvalue weighted by Gasteiger charge is -2.14. The summed E-state index contributed by atoms with van der Waals surface area (Å²) >= 11 is 0. The van der Waals surface area contributed by atoms with Crippen LogP contribution in [0.25, 0.3) is 0 Å². The van der Waals surface area contributed by atoms with Gasteiger partial charge in [0, 0.05) is 18.7 Å². The quantitative estimate of drug-likeness (QED) is 0.801. The first kappa shape index (κ1) is 16.7. The Balaban J connectivity index is 2.47. The van der Waals surface area contributed by atoms with Crippen LogP contribution in [0.4, 0.5) is 0 Å². The Labute approximate surface area is 121 Å². The first-order chi connectivity index (χ1) is 9.38. The van der Waals surface area contributed by atoms with Crippen LogP contribution in [0.2, 0.25) is 0 Å². The molecular formula is C16H26N2O2. The number of benzene rings is 1. The molecule has 0 fully saturated rings. The summed E-state index contributed by atoms with van der Waals surface area (Å²) in [5.41, 5.74) is 1.80. The number of aliphatic hydroxyl groups excluding tert-OH is 1. The molecule has 0 heterocycles. The van der Waals surface area contributed by atoms with Gasteiger partial charge in [0.15, 0.2) is 0 Å². The lowest BCUT2D eigenvalue weighted by Crippen LogP contribution is -2.32. The van der Waals surface area contributed by atoms with Gasteiger partial charge in [-0.3, -0.25) is 4.79 Å². The smallest absolute Gasteiger partial charge is 0.251 e. The van der Waals surface area contributed by atoms with Gasteiger partial charge in [-0.25, -0.2) is 0 Å². The summed E-state index contributed by atoms with van der Waals surface area (Å²) in [4.78, 5) is 14.0. The number of amides is 1. The maximum Gasteiger partial charge on any atom is 0.251 e. The largest absolute Gasteiger partial charge is 0.391 e. The molecule has 1 aromatic carbocycles. The van der Waals surface area contributed by atoms with Gasteiger partial charge in [-0.2, -0.15) is 0 Å². The maximum atomic E-state index is 11.9. The predicted octanol–water partition coefficient (Wildman–Crippen LogP) is 1.89. The molecule has 0 bridgehead atoms. The highest BCUT2D eigenvalue weighted by Gasteiger charge is 2.10. The first-order valence-electron chi connectivity index (χ1n) is 7.08. The Kier molecular flexibility index (Phi) is 6.68. The number of hydrogen-bond donors (Lipinski definition) is 2. The second kappa shape index (κ2) is 8.02. The van der Waals surface area contributed by atoms with Gasteiger partial charge in [-0.05, 0) is 44.1 Å². The van der Waals surface area contributed by atoms with Crippen molar-refractivity contribution in [3.05, 3.63) is 35.4 Å². The molecule has 0 saturated heterocycles. The Bertz CT molecular complexity index is 413. The van der Waals surface area contributed by atoms with Crippen LogP contribution in [0.5, 0.6) is 0 Å². The van der Waals surface area contributed by atoms with E-state index in [2.05, 4.69) is 24.1 Å². The third kappa shape index (κ3) is 6.17. The van der Waals surface area contributed by atoms with E-state index in [-0.39, 0.29) is 5.91 Å². The number of aliphatic hydroxyl groups is 1. The molecule has 1 amide bonds. The maximum absolute atomic E-state index is 11.9. The van der Waals surface area contributed by atoms with Crippen molar-refractivity contribution < 1.29 is 9.90 Å². The monoisotopic (exact) mass is 278 g/mol.